The van der Waals surface area contributed by atoms with E-state index >= 15 is 0 Å². The van der Waals surface area contributed by atoms with Crippen LogP contribution in [0.2, 0.25) is 0 Å². The summed E-state index contributed by atoms with van der Waals surface area (Å²) in [6.45, 7) is 2.06. The van der Waals surface area contributed by atoms with Crippen LogP contribution in [-0.2, 0) is 0 Å². The molecule has 0 saturated carbocycles. The van der Waals surface area contributed by atoms with E-state index in [2.05, 4.69) is 32.8 Å². The zero-order valence-electron chi connectivity index (χ0n) is 8.39. The predicted molar refractivity (Wildman–Crippen MR) is 67.0 cm³/mol. The molecule has 0 radical (unpaired) electrons. The standard InChI is InChI=1S/C12H11BrN2/c1-9(13)6-7-10-8-14-11-4-2-3-5-12(11)15-10/h2-9H,1H3/b7-6+. The van der Waals surface area contributed by atoms with E-state index in [4.69, 9.17) is 0 Å². The van der Waals surface area contributed by atoms with Gasteiger partial charge in [0.15, 0.2) is 0 Å². The average Bonchev–Trinajstić information content (AvgIpc) is 2.26. The maximum atomic E-state index is 4.48. The average molecular weight is 263 g/mol. The Bertz CT molecular complexity index is 492. The molecule has 76 valence electrons. The first-order chi connectivity index (χ1) is 7.25. The van der Waals surface area contributed by atoms with Gasteiger partial charge in [-0.1, -0.05) is 34.1 Å². The largest absolute Gasteiger partial charge is 0.252 e. The number of hydrogen-bond acceptors (Lipinski definition) is 2. The predicted octanol–water partition coefficient (Wildman–Crippen LogP) is 3.43. The van der Waals surface area contributed by atoms with Gasteiger partial charge in [-0.25, -0.2) is 4.98 Å². The summed E-state index contributed by atoms with van der Waals surface area (Å²) >= 11 is 3.45. The number of rotatable bonds is 2. The molecule has 1 aromatic heterocycles. The van der Waals surface area contributed by atoms with Crippen molar-refractivity contribution in [3.05, 3.63) is 42.2 Å². The number of alkyl halides is 1. The van der Waals surface area contributed by atoms with Crippen LogP contribution in [0.15, 0.2) is 36.5 Å². The fourth-order valence-electron chi connectivity index (χ4n) is 1.28. The van der Waals surface area contributed by atoms with E-state index in [1.165, 1.54) is 0 Å². The van der Waals surface area contributed by atoms with Crippen LogP contribution in [0.25, 0.3) is 17.1 Å². The fraction of sp³-hybridized carbons (Fsp3) is 0.167. The molecule has 3 heteroatoms. The first-order valence-corrected chi connectivity index (χ1v) is 5.71. The molecule has 0 amide bonds. The van der Waals surface area contributed by atoms with Crippen molar-refractivity contribution in [1.29, 1.82) is 0 Å². The number of hydrogen-bond donors (Lipinski definition) is 0. The number of aromatic nitrogens is 2. The van der Waals surface area contributed by atoms with Gasteiger partial charge < -0.3 is 0 Å². The first-order valence-electron chi connectivity index (χ1n) is 4.80. The number of para-hydroxylation sites is 2. The molecule has 2 rings (SSSR count). The van der Waals surface area contributed by atoms with Crippen LogP contribution >= 0.6 is 15.9 Å². The van der Waals surface area contributed by atoms with Gasteiger partial charge in [-0.3, -0.25) is 4.98 Å². The lowest BCUT2D eigenvalue weighted by molar-refractivity contribution is 1.24. The van der Waals surface area contributed by atoms with Gasteiger partial charge in [0.25, 0.3) is 0 Å². The molecule has 2 nitrogen and oxygen atoms in total. The normalized spacial score (nSPS) is 13.5. The summed E-state index contributed by atoms with van der Waals surface area (Å²) in [5.41, 5.74) is 2.75. The quantitative estimate of drug-likeness (QED) is 0.776. The van der Waals surface area contributed by atoms with Crippen molar-refractivity contribution >= 4 is 33.0 Å². The Morgan fingerprint density at radius 3 is 2.73 bits per heavy atom. The highest BCUT2D eigenvalue weighted by Crippen LogP contribution is 2.10. The summed E-state index contributed by atoms with van der Waals surface area (Å²) in [6.07, 6.45) is 5.80. The molecule has 0 fully saturated rings. The molecule has 0 aliphatic heterocycles. The summed E-state index contributed by atoms with van der Waals surface area (Å²) in [5, 5.41) is 0. The fourth-order valence-corrected chi connectivity index (χ4v) is 1.44. The smallest absolute Gasteiger partial charge is 0.0894 e. The van der Waals surface area contributed by atoms with Crippen molar-refractivity contribution in [1.82, 2.24) is 9.97 Å². The summed E-state index contributed by atoms with van der Waals surface area (Å²) in [7, 11) is 0. The highest BCUT2D eigenvalue weighted by molar-refractivity contribution is 9.09. The van der Waals surface area contributed by atoms with Gasteiger partial charge in [-0.2, -0.15) is 0 Å². The second-order valence-corrected chi connectivity index (χ2v) is 4.76. The molecule has 1 unspecified atom stereocenters. The molecule has 2 aromatic rings. The van der Waals surface area contributed by atoms with Gasteiger partial charge in [0, 0.05) is 4.83 Å². The zero-order chi connectivity index (χ0) is 10.7. The maximum Gasteiger partial charge on any atom is 0.0894 e. The molecule has 1 atom stereocenters. The van der Waals surface area contributed by atoms with Crippen molar-refractivity contribution in [2.75, 3.05) is 0 Å². The summed E-state index contributed by atoms with van der Waals surface area (Å²) in [4.78, 5) is 9.16. The van der Waals surface area contributed by atoms with Crippen molar-refractivity contribution in [3.8, 4) is 0 Å². The van der Waals surface area contributed by atoms with Gasteiger partial charge in [0.2, 0.25) is 0 Å². The third kappa shape index (κ3) is 2.63. The third-order valence-corrected chi connectivity index (χ3v) is 2.30. The van der Waals surface area contributed by atoms with E-state index in [1.807, 2.05) is 36.4 Å². The monoisotopic (exact) mass is 262 g/mol. The molecule has 1 aromatic carbocycles. The van der Waals surface area contributed by atoms with Crippen molar-refractivity contribution in [2.24, 2.45) is 0 Å². The zero-order valence-corrected chi connectivity index (χ0v) is 9.98. The Morgan fingerprint density at radius 1 is 1.27 bits per heavy atom. The number of benzene rings is 1. The minimum Gasteiger partial charge on any atom is -0.252 e. The number of halogens is 1. The van der Waals surface area contributed by atoms with E-state index in [-0.39, 0.29) is 0 Å². The molecule has 0 N–H and O–H groups in total. The van der Waals surface area contributed by atoms with Gasteiger partial charge >= 0.3 is 0 Å². The summed E-state index contributed by atoms with van der Waals surface area (Å²) in [5.74, 6) is 0. The van der Waals surface area contributed by atoms with Crippen LogP contribution in [0, 0.1) is 0 Å². The number of allylic oxidation sites excluding steroid dienone is 1. The van der Waals surface area contributed by atoms with Crippen molar-refractivity contribution < 1.29 is 0 Å². The molecule has 0 aliphatic rings. The van der Waals surface area contributed by atoms with Crippen LogP contribution in [0.4, 0.5) is 0 Å². The van der Waals surface area contributed by atoms with E-state index in [0.29, 0.717) is 4.83 Å². The molecule has 0 saturated heterocycles. The number of nitrogens with zero attached hydrogens (tertiary/aromatic N) is 2. The lowest BCUT2D eigenvalue weighted by atomic mass is 10.3. The van der Waals surface area contributed by atoms with E-state index in [1.54, 1.807) is 6.20 Å². The highest BCUT2D eigenvalue weighted by Gasteiger charge is 1.96. The van der Waals surface area contributed by atoms with Crippen LogP contribution < -0.4 is 0 Å². The Labute approximate surface area is 97.2 Å². The molecule has 0 aliphatic carbocycles. The minimum absolute atomic E-state index is 0.353. The van der Waals surface area contributed by atoms with Gasteiger partial charge in [-0.15, -0.1) is 0 Å². The van der Waals surface area contributed by atoms with E-state index in [0.717, 1.165) is 16.7 Å². The SMILES string of the molecule is CC(Br)/C=C/c1cnc2ccccc2n1. The Kier molecular flexibility index (Phi) is 3.11. The summed E-state index contributed by atoms with van der Waals surface area (Å²) in [6, 6.07) is 7.87. The molecule has 0 spiro atoms. The van der Waals surface area contributed by atoms with E-state index < -0.39 is 0 Å². The van der Waals surface area contributed by atoms with Crippen LogP contribution in [0.3, 0.4) is 0 Å². The third-order valence-electron chi connectivity index (χ3n) is 2.00. The number of fused-ring (bicyclic) bond motifs is 1. The second-order valence-electron chi connectivity index (χ2n) is 3.32. The van der Waals surface area contributed by atoms with Gasteiger partial charge in [-0.05, 0) is 25.1 Å². The van der Waals surface area contributed by atoms with Crippen LogP contribution in [-0.4, -0.2) is 14.8 Å². The van der Waals surface area contributed by atoms with Crippen molar-refractivity contribution in [3.63, 3.8) is 0 Å². The Morgan fingerprint density at radius 2 is 2.00 bits per heavy atom. The van der Waals surface area contributed by atoms with Gasteiger partial charge in [0.05, 0.1) is 22.9 Å². The van der Waals surface area contributed by atoms with E-state index in [9.17, 15) is 0 Å². The van der Waals surface area contributed by atoms with Crippen LogP contribution in [0.5, 0.6) is 0 Å². The maximum absolute atomic E-state index is 4.48. The second kappa shape index (κ2) is 4.53. The minimum atomic E-state index is 0.353. The highest BCUT2D eigenvalue weighted by atomic mass is 79.9. The topological polar surface area (TPSA) is 25.8 Å². The Hall–Kier alpha value is -1.22. The molecular weight excluding hydrogens is 252 g/mol. The summed E-state index contributed by atoms with van der Waals surface area (Å²) < 4.78 is 0. The Balaban J connectivity index is 2.39. The molecule has 15 heavy (non-hydrogen) atoms. The van der Waals surface area contributed by atoms with Crippen LogP contribution in [0.1, 0.15) is 12.6 Å². The molecular formula is C12H11BrN2. The molecule has 1 heterocycles. The van der Waals surface area contributed by atoms with Crippen molar-refractivity contribution in [2.45, 2.75) is 11.8 Å². The first kappa shape index (κ1) is 10.3. The van der Waals surface area contributed by atoms with Gasteiger partial charge in [0.1, 0.15) is 0 Å². The lowest BCUT2D eigenvalue weighted by Gasteiger charge is -1.97. The molecule has 0 bridgehead atoms. The lowest BCUT2D eigenvalue weighted by Crippen LogP contribution is -1.87.